The molecule has 0 N–H and O–H groups in total. The van der Waals surface area contributed by atoms with Crippen LogP contribution in [-0.2, 0) is 0 Å². The fourth-order valence-corrected chi connectivity index (χ4v) is 2.78. The van der Waals surface area contributed by atoms with Crippen molar-refractivity contribution in [3.05, 3.63) is 24.0 Å². The number of piperazine rings is 1. The van der Waals surface area contributed by atoms with E-state index < -0.39 is 0 Å². The second-order valence-corrected chi connectivity index (χ2v) is 5.98. The first-order chi connectivity index (χ1) is 10.7. The molecule has 0 saturated carbocycles. The van der Waals surface area contributed by atoms with Gasteiger partial charge in [-0.3, -0.25) is 4.79 Å². The summed E-state index contributed by atoms with van der Waals surface area (Å²) in [6, 6.07) is 3.90. The number of anilines is 1. The molecule has 0 spiro atoms. The first-order valence-electron chi connectivity index (χ1n) is 8.34. The van der Waals surface area contributed by atoms with Crippen LogP contribution < -0.4 is 4.90 Å². The predicted octanol–water partition coefficient (Wildman–Crippen LogP) is 2.10. The minimum Gasteiger partial charge on any atom is -0.368 e. The van der Waals surface area contributed by atoms with Gasteiger partial charge in [0.05, 0.1) is 11.9 Å². The van der Waals surface area contributed by atoms with E-state index in [2.05, 4.69) is 35.7 Å². The molecule has 0 bridgehead atoms. The standard InChI is InChI=1S/C17H28N4O/c1-4-8-21(9-5-2)17(22)16-7-6-15(14-18-16)20-12-10-19(3)11-13-20/h6-7,14H,4-5,8-13H2,1-3H3. The molecule has 0 aromatic carbocycles. The van der Waals surface area contributed by atoms with Crippen LogP contribution in [0, 0.1) is 0 Å². The Morgan fingerprint density at radius 2 is 1.77 bits per heavy atom. The molecule has 1 aromatic rings. The van der Waals surface area contributed by atoms with Crippen molar-refractivity contribution in [1.82, 2.24) is 14.8 Å². The molecule has 1 aliphatic rings. The number of amides is 1. The van der Waals surface area contributed by atoms with E-state index in [1.165, 1.54) is 0 Å². The van der Waals surface area contributed by atoms with Crippen LogP contribution in [-0.4, -0.2) is 67.0 Å². The number of aromatic nitrogens is 1. The number of rotatable bonds is 6. The van der Waals surface area contributed by atoms with Crippen LogP contribution in [0.2, 0.25) is 0 Å². The predicted molar refractivity (Wildman–Crippen MR) is 90.4 cm³/mol. The second-order valence-electron chi connectivity index (χ2n) is 5.98. The van der Waals surface area contributed by atoms with E-state index in [0.29, 0.717) is 5.69 Å². The summed E-state index contributed by atoms with van der Waals surface area (Å²) in [6.45, 7) is 9.97. The summed E-state index contributed by atoms with van der Waals surface area (Å²) in [4.78, 5) is 23.5. The van der Waals surface area contributed by atoms with E-state index in [9.17, 15) is 4.79 Å². The molecular weight excluding hydrogens is 276 g/mol. The molecule has 2 rings (SSSR count). The Labute approximate surface area is 133 Å². The fourth-order valence-electron chi connectivity index (χ4n) is 2.78. The van der Waals surface area contributed by atoms with Gasteiger partial charge in [0.1, 0.15) is 5.69 Å². The third-order valence-corrected chi connectivity index (χ3v) is 4.11. The first kappa shape index (κ1) is 16.7. The largest absolute Gasteiger partial charge is 0.368 e. The highest BCUT2D eigenvalue weighted by atomic mass is 16.2. The van der Waals surface area contributed by atoms with Crippen molar-refractivity contribution in [2.24, 2.45) is 0 Å². The summed E-state index contributed by atoms with van der Waals surface area (Å²) in [5.41, 5.74) is 1.67. The maximum atomic E-state index is 12.5. The van der Waals surface area contributed by atoms with Gasteiger partial charge in [0.2, 0.25) is 0 Å². The highest BCUT2D eigenvalue weighted by Crippen LogP contribution is 2.16. The quantitative estimate of drug-likeness (QED) is 0.807. The lowest BCUT2D eigenvalue weighted by Gasteiger charge is -2.33. The SMILES string of the molecule is CCCN(CCC)C(=O)c1ccc(N2CCN(C)CC2)cn1. The Bertz CT molecular complexity index is 460. The van der Waals surface area contributed by atoms with Crippen molar-refractivity contribution in [3.8, 4) is 0 Å². The van der Waals surface area contributed by atoms with Gasteiger partial charge in [0.15, 0.2) is 0 Å². The van der Waals surface area contributed by atoms with E-state index in [-0.39, 0.29) is 5.91 Å². The molecule has 0 atom stereocenters. The van der Waals surface area contributed by atoms with Gasteiger partial charge >= 0.3 is 0 Å². The van der Waals surface area contributed by atoms with Gasteiger partial charge in [-0.1, -0.05) is 13.8 Å². The van der Waals surface area contributed by atoms with Gasteiger partial charge in [-0.2, -0.15) is 0 Å². The minimum absolute atomic E-state index is 0.0497. The number of carbonyl (C=O) groups excluding carboxylic acids is 1. The summed E-state index contributed by atoms with van der Waals surface area (Å²) in [7, 11) is 2.15. The lowest BCUT2D eigenvalue weighted by Crippen LogP contribution is -2.44. The summed E-state index contributed by atoms with van der Waals surface area (Å²) in [5, 5.41) is 0. The third kappa shape index (κ3) is 4.19. The number of pyridine rings is 1. The number of hydrogen-bond donors (Lipinski definition) is 0. The molecule has 1 aromatic heterocycles. The molecule has 122 valence electrons. The smallest absolute Gasteiger partial charge is 0.272 e. The lowest BCUT2D eigenvalue weighted by molar-refractivity contribution is 0.0749. The third-order valence-electron chi connectivity index (χ3n) is 4.11. The summed E-state index contributed by atoms with van der Waals surface area (Å²) >= 11 is 0. The molecule has 1 aliphatic heterocycles. The van der Waals surface area contributed by atoms with Crippen molar-refractivity contribution in [2.45, 2.75) is 26.7 Å². The Morgan fingerprint density at radius 1 is 1.14 bits per heavy atom. The van der Waals surface area contributed by atoms with Crippen molar-refractivity contribution < 1.29 is 4.79 Å². The van der Waals surface area contributed by atoms with Crippen molar-refractivity contribution in [2.75, 3.05) is 51.2 Å². The fraction of sp³-hybridized carbons (Fsp3) is 0.647. The molecule has 0 aliphatic carbocycles. The zero-order valence-electron chi connectivity index (χ0n) is 14.1. The molecule has 1 amide bonds. The van der Waals surface area contributed by atoms with Gasteiger partial charge in [-0.25, -0.2) is 4.98 Å². The Morgan fingerprint density at radius 3 is 2.27 bits per heavy atom. The van der Waals surface area contributed by atoms with Gasteiger partial charge in [0, 0.05) is 39.3 Å². The zero-order chi connectivity index (χ0) is 15.9. The topological polar surface area (TPSA) is 39.7 Å². The first-order valence-corrected chi connectivity index (χ1v) is 8.34. The molecule has 22 heavy (non-hydrogen) atoms. The maximum Gasteiger partial charge on any atom is 0.272 e. The number of nitrogens with zero attached hydrogens (tertiary/aromatic N) is 4. The molecule has 0 radical (unpaired) electrons. The summed E-state index contributed by atoms with van der Waals surface area (Å²) < 4.78 is 0. The normalized spacial score (nSPS) is 15.9. The molecule has 1 fully saturated rings. The summed E-state index contributed by atoms with van der Waals surface area (Å²) in [5.74, 6) is 0.0497. The van der Waals surface area contributed by atoms with E-state index in [4.69, 9.17) is 0 Å². The zero-order valence-corrected chi connectivity index (χ0v) is 14.1. The van der Waals surface area contributed by atoms with Crippen LogP contribution in [0.3, 0.4) is 0 Å². The summed E-state index contributed by atoms with van der Waals surface area (Å²) in [6.07, 6.45) is 3.80. The number of carbonyl (C=O) groups is 1. The van der Waals surface area contributed by atoms with Crippen LogP contribution in [0.4, 0.5) is 5.69 Å². The highest BCUT2D eigenvalue weighted by molar-refractivity contribution is 5.92. The van der Waals surface area contributed by atoms with E-state index in [1.54, 1.807) is 0 Å². The van der Waals surface area contributed by atoms with Crippen LogP contribution in [0.25, 0.3) is 0 Å². The highest BCUT2D eigenvalue weighted by Gasteiger charge is 2.18. The van der Waals surface area contributed by atoms with Crippen LogP contribution in [0.1, 0.15) is 37.2 Å². The van der Waals surface area contributed by atoms with E-state index >= 15 is 0 Å². The van der Waals surface area contributed by atoms with Crippen molar-refractivity contribution >= 4 is 11.6 Å². The van der Waals surface area contributed by atoms with Crippen LogP contribution >= 0.6 is 0 Å². The van der Waals surface area contributed by atoms with E-state index in [1.807, 2.05) is 23.2 Å². The Balaban J connectivity index is 2.02. The number of hydrogen-bond acceptors (Lipinski definition) is 4. The molecule has 5 heteroatoms. The van der Waals surface area contributed by atoms with Crippen LogP contribution in [0.5, 0.6) is 0 Å². The Hall–Kier alpha value is -1.62. The minimum atomic E-state index is 0.0497. The molecule has 5 nitrogen and oxygen atoms in total. The van der Waals surface area contributed by atoms with Gasteiger partial charge in [-0.15, -0.1) is 0 Å². The molecular formula is C17H28N4O. The average molecular weight is 304 g/mol. The lowest BCUT2D eigenvalue weighted by atomic mass is 10.2. The molecule has 2 heterocycles. The molecule has 0 unspecified atom stereocenters. The van der Waals surface area contributed by atoms with Gasteiger partial charge in [-0.05, 0) is 32.0 Å². The number of likely N-dealkylation sites (N-methyl/N-ethyl adjacent to an activating group) is 1. The monoisotopic (exact) mass is 304 g/mol. The molecule has 1 saturated heterocycles. The van der Waals surface area contributed by atoms with Gasteiger partial charge in [0.25, 0.3) is 5.91 Å². The Kier molecular flexibility index (Phi) is 6.19. The van der Waals surface area contributed by atoms with Crippen molar-refractivity contribution in [3.63, 3.8) is 0 Å². The van der Waals surface area contributed by atoms with Crippen molar-refractivity contribution in [1.29, 1.82) is 0 Å². The second kappa shape index (κ2) is 8.13. The van der Waals surface area contributed by atoms with Crippen LogP contribution in [0.15, 0.2) is 18.3 Å². The van der Waals surface area contributed by atoms with E-state index in [0.717, 1.165) is 57.8 Å². The van der Waals surface area contributed by atoms with Gasteiger partial charge < -0.3 is 14.7 Å². The maximum absolute atomic E-state index is 12.5. The average Bonchev–Trinajstić information content (AvgIpc) is 2.55.